The van der Waals surface area contributed by atoms with E-state index in [1.807, 2.05) is 11.8 Å². The summed E-state index contributed by atoms with van der Waals surface area (Å²) in [5.41, 5.74) is 0. The van der Waals surface area contributed by atoms with Gasteiger partial charge in [-0.05, 0) is 37.8 Å². The molecule has 0 bridgehead atoms. The molecule has 0 amide bonds. The minimum atomic E-state index is -0.873. The molecular weight excluding hydrogens is 226 g/mol. The van der Waals surface area contributed by atoms with Gasteiger partial charge >= 0.3 is 5.97 Å². The molecule has 1 aliphatic rings. The van der Waals surface area contributed by atoms with E-state index in [-0.39, 0.29) is 12.7 Å². The fourth-order valence-electron chi connectivity index (χ4n) is 1.92. The lowest BCUT2D eigenvalue weighted by atomic mass is 10.1. The number of likely N-dealkylation sites (tertiary alicyclic amines) is 1. The Morgan fingerprint density at radius 1 is 1.50 bits per heavy atom. The summed E-state index contributed by atoms with van der Waals surface area (Å²) < 4.78 is 5.29. The summed E-state index contributed by atoms with van der Waals surface area (Å²) >= 11 is 1.89. The first-order chi connectivity index (χ1) is 7.72. The quantitative estimate of drug-likeness (QED) is 0.687. The van der Waals surface area contributed by atoms with E-state index in [2.05, 4.69) is 11.2 Å². The number of hydrogen-bond acceptors (Lipinski definition) is 4. The van der Waals surface area contributed by atoms with E-state index in [1.165, 1.54) is 12.2 Å². The van der Waals surface area contributed by atoms with Gasteiger partial charge in [-0.3, -0.25) is 0 Å². The fraction of sp³-hybridized carbons (Fsp3) is 0.909. The molecule has 0 spiro atoms. The van der Waals surface area contributed by atoms with Crippen LogP contribution < -0.4 is 0 Å². The third-order valence-corrected chi connectivity index (χ3v) is 3.50. The Hall–Kier alpha value is -0.260. The van der Waals surface area contributed by atoms with Crippen LogP contribution >= 0.6 is 11.8 Å². The monoisotopic (exact) mass is 247 g/mol. The van der Waals surface area contributed by atoms with Gasteiger partial charge in [0.25, 0.3) is 0 Å². The first-order valence-electron chi connectivity index (χ1n) is 5.77. The molecule has 1 heterocycles. The maximum Gasteiger partial charge on any atom is 0.329 e. The lowest BCUT2D eigenvalue weighted by Gasteiger charge is -2.31. The molecule has 16 heavy (non-hydrogen) atoms. The Kier molecular flexibility index (Phi) is 6.84. The van der Waals surface area contributed by atoms with E-state index in [4.69, 9.17) is 9.84 Å². The number of ether oxygens (including phenoxy) is 1. The van der Waals surface area contributed by atoms with Crippen LogP contribution in [0.4, 0.5) is 0 Å². The first kappa shape index (κ1) is 13.8. The minimum absolute atomic E-state index is 0.146. The zero-order valence-electron chi connectivity index (χ0n) is 9.85. The van der Waals surface area contributed by atoms with Crippen molar-refractivity contribution in [1.82, 2.24) is 4.90 Å². The summed E-state index contributed by atoms with van der Waals surface area (Å²) in [7, 11) is 0. The van der Waals surface area contributed by atoms with Crippen molar-refractivity contribution in [1.29, 1.82) is 0 Å². The highest BCUT2D eigenvalue weighted by molar-refractivity contribution is 7.98. The summed E-state index contributed by atoms with van der Waals surface area (Å²) in [4.78, 5) is 12.8. The molecular formula is C11H21NO3S. The molecule has 1 N–H and O–H groups in total. The summed E-state index contributed by atoms with van der Waals surface area (Å²) in [5.74, 6) is 0.345. The van der Waals surface area contributed by atoms with E-state index >= 15 is 0 Å². The molecule has 4 nitrogen and oxygen atoms in total. The normalized spacial score (nSPS) is 18.8. The van der Waals surface area contributed by atoms with Crippen LogP contribution in [-0.2, 0) is 9.53 Å². The van der Waals surface area contributed by atoms with Crippen molar-refractivity contribution < 1.29 is 14.6 Å². The van der Waals surface area contributed by atoms with Crippen molar-refractivity contribution in [2.75, 3.05) is 38.2 Å². The van der Waals surface area contributed by atoms with Gasteiger partial charge in [0, 0.05) is 13.1 Å². The average Bonchev–Trinajstić information content (AvgIpc) is 2.28. The van der Waals surface area contributed by atoms with Crippen LogP contribution in [0.5, 0.6) is 0 Å². The molecule has 0 unspecified atom stereocenters. The fourth-order valence-corrected chi connectivity index (χ4v) is 2.34. The maximum atomic E-state index is 10.3. The molecule has 1 aliphatic heterocycles. The van der Waals surface area contributed by atoms with Gasteiger partial charge in [0.05, 0.1) is 6.10 Å². The van der Waals surface area contributed by atoms with Gasteiger partial charge in [0.2, 0.25) is 0 Å². The number of piperidine rings is 1. The first-order valence-corrected chi connectivity index (χ1v) is 7.16. The van der Waals surface area contributed by atoms with Crippen LogP contribution in [0.3, 0.4) is 0 Å². The Bertz CT molecular complexity index is 205. The Labute approximate surface area is 101 Å². The number of thioether (sulfide) groups is 1. The Morgan fingerprint density at radius 3 is 2.75 bits per heavy atom. The number of aliphatic carboxylic acids is 1. The van der Waals surface area contributed by atoms with Crippen LogP contribution in [0.2, 0.25) is 0 Å². The predicted molar refractivity (Wildman–Crippen MR) is 66.0 cm³/mol. The topological polar surface area (TPSA) is 49.8 Å². The summed E-state index contributed by atoms with van der Waals surface area (Å²) in [6, 6.07) is 0. The van der Waals surface area contributed by atoms with Crippen molar-refractivity contribution in [3.8, 4) is 0 Å². The number of carbonyl (C=O) groups is 1. The van der Waals surface area contributed by atoms with Gasteiger partial charge < -0.3 is 14.7 Å². The molecule has 94 valence electrons. The second-order valence-corrected chi connectivity index (χ2v) is 5.08. The zero-order chi connectivity index (χ0) is 11.8. The van der Waals surface area contributed by atoms with Crippen molar-refractivity contribution in [3.63, 3.8) is 0 Å². The van der Waals surface area contributed by atoms with Crippen LogP contribution in [0.1, 0.15) is 19.3 Å². The number of carboxylic acid groups (broad SMARTS) is 1. The average molecular weight is 247 g/mol. The molecule has 0 aromatic carbocycles. The summed E-state index contributed by atoms with van der Waals surface area (Å²) in [5, 5.41) is 8.50. The van der Waals surface area contributed by atoms with Gasteiger partial charge in [-0.2, -0.15) is 11.8 Å². The molecule has 0 aliphatic carbocycles. The third-order valence-electron chi connectivity index (χ3n) is 2.80. The van der Waals surface area contributed by atoms with E-state index < -0.39 is 5.97 Å². The summed E-state index contributed by atoms with van der Waals surface area (Å²) in [6.07, 6.45) is 5.44. The number of carboxylic acids is 1. The molecule has 1 saturated heterocycles. The van der Waals surface area contributed by atoms with Crippen molar-refractivity contribution in [2.24, 2.45) is 0 Å². The number of hydrogen-bond donors (Lipinski definition) is 1. The standard InChI is InChI=1S/C11H21NO3S/c1-16-8-2-5-12-6-3-10(4-7-12)15-9-11(13)14/h10H,2-9H2,1H3,(H,13,14). The van der Waals surface area contributed by atoms with E-state index in [1.54, 1.807) is 0 Å². The van der Waals surface area contributed by atoms with Crippen LogP contribution in [0.25, 0.3) is 0 Å². The highest BCUT2D eigenvalue weighted by Crippen LogP contribution is 2.14. The molecule has 0 saturated carbocycles. The zero-order valence-corrected chi connectivity index (χ0v) is 10.7. The van der Waals surface area contributed by atoms with Crippen molar-refractivity contribution in [3.05, 3.63) is 0 Å². The lowest BCUT2D eigenvalue weighted by Crippen LogP contribution is -2.38. The molecule has 0 aromatic rings. The van der Waals surface area contributed by atoms with Crippen molar-refractivity contribution >= 4 is 17.7 Å². The summed E-state index contributed by atoms with van der Waals surface area (Å²) in [6.45, 7) is 3.08. The van der Waals surface area contributed by atoms with Gasteiger partial charge in [0.1, 0.15) is 6.61 Å². The second-order valence-electron chi connectivity index (χ2n) is 4.09. The van der Waals surface area contributed by atoms with Gasteiger partial charge in [-0.15, -0.1) is 0 Å². The van der Waals surface area contributed by atoms with Crippen LogP contribution in [-0.4, -0.2) is 60.3 Å². The van der Waals surface area contributed by atoms with Gasteiger partial charge in [-0.25, -0.2) is 4.79 Å². The number of rotatable bonds is 7. The van der Waals surface area contributed by atoms with Gasteiger partial charge in [-0.1, -0.05) is 0 Å². The maximum absolute atomic E-state index is 10.3. The van der Waals surface area contributed by atoms with Crippen LogP contribution in [0, 0.1) is 0 Å². The van der Waals surface area contributed by atoms with Crippen LogP contribution in [0.15, 0.2) is 0 Å². The SMILES string of the molecule is CSCCCN1CCC(OCC(=O)O)CC1. The largest absolute Gasteiger partial charge is 0.480 e. The highest BCUT2D eigenvalue weighted by atomic mass is 32.2. The van der Waals surface area contributed by atoms with E-state index in [0.717, 1.165) is 32.5 Å². The smallest absolute Gasteiger partial charge is 0.329 e. The lowest BCUT2D eigenvalue weighted by molar-refractivity contribution is -0.145. The van der Waals surface area contributed by atoms with Crippen molar-refractivity contribution in [2.45, 2.75) is 25.4 Å². The molecule has 0 radical (unpaired) electrons. The Morgan fingerprint density at radius 2 is 2.19 bits per heavy atom. The van der Waals surface area contributed by atoms with E-state index in [0.29, 0.717) is 0 Å². The molecule has 1 fully saturated rings. The minimum Gasteiger partial charge on any atom is -0.480 e. The molecule has 0 aromatic heterocycles. The number of nitrogens with zero attached hydrogens (tertiary/aromatic N) is 1. The molecule has 0 atom stereocenters. The van der Waals surface area contributed by atoms with Gasteiger partial charge in [0.15, 0.2) is 0 Å². The predicted octanol–water partition coefficient (Wildman–Crippen LogP) is 1.31. The van der Waals surface area contributed by atoms with E-state index in [9.17, 15) is 4.79 Å². The molecule has 5 heteroatoms. The Balaban J connectivity index is 2.06. The highest BCUT2D eigenvalue weighted by Gasteiger charge is 2.19. The second kappa shape index (κ2) is 7.92. The molecule has 1 rings (SSSR count). The third kappa shape index (κ3) is 5.72.